The lowest BCUT2D eigenvalue weighted by Gasteiger charge is -2.17. The molecule has 0 N–H and O–H groups in total. The van der Waals surface area contributed by atoms with Crippen LogP contribution in [0, 0.1) is 0 Å². The second kappa shape index (κ2) is 6.19. The first-order valence-corrected chi connectivity index (χ1v) is 8.68. The van der Waals surface area contributed by atoms with Crippen molar-refractivity contribution >= 4 is 34.5 Å². The molecule has 1 aromatic carbocycles. The van der Waals surface area contributed by atoms with Crippen LogP contribution in [0.4, 0.5) is 5.69 Å². The zero-order valence-corrected chi connectivity index (χ0v) is 14.8. The fraction of sp³-hybridized carbons (Fsp3) is 0.278. The zero-order valence-electron chi connectivity index (χ0n) is 13.3. The molecule has 3 aromatic rings. The van der Waals surface area contributed by atoms with Gasteiger partial charge in [-0.05, 0) is 25.0 Å². The van der Waals surface area contributed by atoms with E-state index in [1.807, 2.05) is 16.8 Å². The standard InChI is InChI=1S/C18H17Cl2N3O/c1-24-17-10-15(20)14(19)9-13(17)16-11-23-7-4-12(8-18(23)21-16)22-5-2-3-6-22/h4,7-11H,2-3,5-6H2,1H3. The van der Waals surface area contributed by atoms with E-state index in [1.165, 1.54) is 18.5 Å². The third kappa shape index (κ3) is 2.70. The van der Waals surface area contributed by atoms with Crippen molar-refractivity contribution in [1.82, 2.24) is 9.38 Å². The summed E-state index contributed by atoms with van der Waals surface area (Å²) in [5.41, 5.74) is 3.77. The van der Waals surface area contributed by atoms with E-state index < -0.39 is 0 Å². The van der Waals surface area contributed by atoms with E-state index in [9.17, 15) is 0 Å². The third-order valence-electron chi connectivity index (χ3n) is 4.43. The van der Waals surface area contributed by atoms with Crippen molar-refractivity contribution in [2.75, 3.05) is 25.1 Å². The van der Waals surface area contributed by atoms with Crippen molar-refractivity contribution in [2.24, 2.45) is 0 Å². The molecule has 1 fully saturated rings. The predicted octanol–water partition coefficient (Wildman–Crippen LogP) is 4.92. The molecule has 1 aliphatic rings. The second-order valence-electron chi connectivity index (χ2n) is 5.94. The number of fused-ring (bicyclic) bond motifs is 1. The quantitative estimate of drug-likeness (QED) is 0.663. The summed E-state index contributed by atoms with van der Waals surface area (Å²) >= 11 is 12.3. The Morgan fingerprint density at radius 2 is 1.83 bits per heavy atom. The minimum atomic E-state index is 0.470. The van der Waals surface area contributed by atoms with Crippen molar-refractivity contribution in [2.45, 2.75) is 12.8 Å². The highest BCUT2D eigenvalue weighted by molar-refractivity contribution is 6.42. The number of anilines is 1. The molecule has 0 unspecified atom stereocenters. The molecule has 24 heavy (non-hydrogen) atoms. The molecule has 0 aliphatic carbocycles. The number of aromatic nitrogens is 2. The average Bonchev–Trinajstić information content (AvgIpc) is 3.25. The Balaban J connectivity index is 1.79. The molecule has 0 atom stereocenters. The van der Waals surface area contributed by atoms with E-state index in [4.69, 9.17) is 32.9 Å². The highest BCUT2D eigenvalue weighted by Gasteiger charge is 2.16. The van der Waals surface area contributed by atoms with Gasteiger partial charge in [-0.3, -0.25) is 0 Å². The maximum Gasteiger partial charge on any atom is 0.139 e. The van der Waals surface area contributed by atoms with Gasteiger partial charge in [-0.15, -0.1) is 0 Å². The predicted molar refractivity (Wildman–Crippen MR) is 98.6 cm³/mol. The topological polar surface area (TPSA) is 29.8 Å². The Morgan fingerprint density at radius 1 is 1.08 bits per heavy atom. The van der Waals surface area contributed by atoms with Gasteiger partial charge in [0.25, 0.3) is 0 Å². The van der Waals surface area contributed by atoms with Gasteiger partial charge in [-0.25, -0.2) is 4.98 Å². The molecule has 3 heterocycles. The van der Waals surface area contributed by atoms with Gasteiger partial charge in [0, 0.05) is 48.9 Å². The number of rotatable bonds is 3. The lowest BCUT2D eigenvalue weighted by molar-refractivity contribution is 0.416. The van der Waals surface area contributed by atoms with Crippen molar-refractivity contribution in [3.05, 3.63) is 46.7 Å². The summed E-state index contributed by atoms with van der Waals surface area (Å²) in [6.45, 7) is 2.23. The molecule has 0 amide bonds. The van der Waals surface area contributed by atoms with Gasteiger partial charge in [0.15, 0.2) is 0 Å². The smallest absolute Gasteiger partial charge is 0.139 e. The van der Waals surface area contributed by atoms with Crippen LogP contribution in [0.5, 0.6) is 5.75 Å². The van der Waals surface area contributed by atoms with Crippen molar-refractivity contribution in [3.63, 3.8) is 0 Å². The monoisotopic (exact) mass is 361 g/mol. The van der Waals surface area contributed by atoms with Gasteiger partial charge in [0.1, 0.15) is 11.4 Å². The lowest BCUT2D eigenvalue weighted by Crippen LogP contribution is -2.17. The van der Waals surface area contributed by atoms with Gasteiger partial charge in [0.05, 0.1) is 22.8 Å². The minimum absolute atomic E-state index is 0.470. The summed E-state index contributed by atoms with van der Waals surface area (Å²) in [4.78, 5) is 7.15. The van der Waals surface area contributed by atoms with Crippen LogP contribution in [-0.4, -0.2) is 29.6 Å². The van der Waals surface area contributed by atoms with E-state index in [0.717, 1.165) is 30.0 Å². The second-order valence-corrected chi connectivity index (χ2v) is 6.75. The Bertz CT molecular complexity index is 901. The molecule has 1 saturated heterocycles. The van der Waals surface area contributed by atoms with Crippen LogP contribution in [0.1, 0.15) is 12.8 Å². The van der Waals surface area contributed by atoms with Crippen LogP contribution in [0.3, 0.4) is 0 Å². The molecule has 0 bridgehead atoms. The lowest BCUT2D eigenvalue weighted by atomic mass is 10.1. The summed E-state index contributed by atoms with van der Waals surface area (Å²) < 4.78 is 7.45. The summed E-state index contributed by atoms with van der Waals surface area (Å²) in [6, 6.07) is 7.78. The first-order valence-electron chi connectivity index (χ1n) is 7.93. The van der Waals surface area contributed by atoms with Gasteiger partial charge >= 0.3 is 0 Å². The van der Waals surface area contributed by atoms with Crippen LogP contribution in [-0.2, 0) is 0 Å². The fourth-order valence-electron chi connectivity index (χ4n) is 3.17. The number of hydrogen-bond acceptors (Lipinski definition) is 3. The largest absolute Gasteiger partial charge is 0.496 e. The molecule has 2 aromatic heterocycles. The van der Waals surface area contributed by atoms with Crippen molar-refractivity contribution in [3.8, 4) is 17.0 Å². The molecular weight excluding hydrogens is 345 g/mol. The highest BCUT2D eigenvalue weighted by atomic mass is 35.5. The number of nitrogens with zero attached hydrogens (tertiary/aromatic N) is 3. The van der Waals surface area contributed by atoms with E-state index in [0.29, 0.717) is 15.8 Å². The van der Waals surface area contributed by atoms with Crippen LogP contribution in [0.15, 0.2) is 36.7 Å². The van der Waals surface area contributed by atoms with Gasteiger partial charge < -0.3 is 14.0 Å². The molecule has 4 rings (SSSR count). The summed E-state index contributed by atoms with van der Waals surface area (Å²) in [5.74, 6) is 0.660. The van der Waals surface area contributed by atoms with Crippen molar-refractivity contribution < 1.29 is 4.74 Å². The number of pyridine rings is 1. The van der Waals surface area contributed by atoms with Crippen molar-refractivity contribution in [1.29, 1.82) is 0 Å². The first-order chi connectivity index (χ1) is 11.7. The maximum absolute atomic E-state index is 6.17. The van der Waals surface area contributed by atoms with Gasteiger partial charge in [0.2, 0.25) is 0 Å². The number of ether oxygens (including phenoxy) is 1. The first kappa shape index (κ1) is 15.6. The van der Waals surface area contributed by atoms with Crippen LogP contribution >= 0.6 is 23.2 Å². The summed E-state index contributed by atoms with van der Waals surface area (Å²) in [7, 11) is 1.62. The number of imidazole rings is 1. The molecule has 0 saturated carbocycles. The normalized spacial score (nSPS) is 14.5. The van der Waals surface area contributed by atoms with E-state index >= 15 is 0 Å². The number of methoxy groups -OCH3 is 1. The minimum Gasteiger partial charge on any atom is -0.496 e. The molecule has 1 aliphatic heterocycles. The van der Waals surface area contributed by atoms with Crippen LogP contribution in [0.2, 0.25) is 10.0 Å². The maximum atomic E-state index is 6.17. The van der Waals surface area contributed by atoms with Gasteiger partial charge in [-0.1, -0.05) is 23.2 Å². The molecule has 6 heteroatoms. The molecule has 124 valence electrons. The Hall–Kier alpha value is -1.91. The molecule has 4 nitrogen and oxygen atoms in total. The third-order valence-corrected chi connectivity index (χ3v) is 5.16. The van der Waals surface area contributed by atoms with E-state index in [2.05, 4.69) is 17.0 Å². The van der Waals surface area contributed by atoms with E-state index in [-0.39, 0.29) is 0 Å². The molecular formula is C18H17Cl2N3O. The zero-order chi connectivity index (χ0) is 16.7. The van der Waals surface area contributed by atoms with Crippen LogP contribution in [0.25, 0.3) is 16.9 Å². The summed E-state index contributed by atoms with van der Waals surface area (Å²) in [5, 5.41) is 0.958. The highest BCUT2D eigenvalue weighted by Crippen LogP contribution is 2.37. The Morgan fingerprint density at radius 3 is 2.58 bits per heavy atom. The summed E-state index contributed by atoms with van der Waals surface area (Å²) in [6.07, 6.45) is 6.53. The fourth-order valence-corrected chi connectivity index (χ4v) is 3.49. The van der Waals surface area contributed by atoms with Gasteiger partial charge in [-0.2, -0.15) is 0 Å². The average molecular weight is 362 g/mol. The SMILES string of the molecule is COc1cc(Cl)c(Cl)cc1-c1cn2ccc(N3CCCC3)cc2n1. The number of benzene rings is 1. The Kier molecular flexibility index (Phi) is 4.02. The Labute approximate surface area is 150 Å². The van der Waals surface area contributed by atoms with E-state index in [1.54, 1.807) is 19.2 Å². The molecule has 0 radical (unpaired) electrons. The molecule has 0 spiro atoms. The number of hydrogen-bond donors (Lipinski definition) is 0. The number of halogens is 2. The van der Waals surface area contributed by atoms with Crippen LogP contribution < -0.4 is 9.64 Å².